The molecule has 121 valence electrons. The summed E-state index contributed by atoms with van der Waals surface area (Å²) in [6, 6.07) is 31.0. The summed E-state index contributed by atoms with van der Waals surface area (Å²) in [6.45, 7) is 0. The van der Waals surface area contributed by atoms with Gasteiger partial charge in [0.2, 0.25) is 0 Å². The summed E-state index contributed by atoms with van der Waals surface area (Å²) in [4.78, 5) is 12.4. The molecule has 0 aromatic heterocycles. The van der Waals surface area contributed by atoms with Crippen LogP contribution in [0.1, 0.15) is 0 Å². The molecule has 0 N–H and O–H groups in total. The molecule has 0 fully saturated rings. The fourth-order valence-corrected chi connectivity index (χ4v) is 7.03. The lowest BCUT2D eigenvalue weighted by atomic mass is 10.4. The number of hydrogen-bond acceptors (Lipinski definition) is 2. The minimum Gasteiger partial charge on any atom is -0.469 e. The molecule has 0 unspecified atom stereocenters. The van der Waals surface area contributed by atoms with Crippen molar-refractivity contribution in [3.63, 3.8) is 0 Å². The monoisotopic (exact) mass is 335 g/mol. The van der Waals surface area contributed by atoms with E-state index >= 15 is 0 Å². The van der Waals surface area contributed by atoms with Crippen molar-refractivity contribution in [1.29, 1.82) is 0 Å². The van der Waals surface area contributed by atoms with Crippen LogP contribution in [-0.2, 0) is 9.53 Å². The molecule has 0 bridgehead atoms. The molecule has 0 heterocycles. The molecule has 2 nitrogen and oxygen atoms in total. The Balaban J connectivity index is 2.30. The Kier molecular flexibility index (Phi) is 5.08. The lowest BCUT2D eigenvalue weighted by molar-refractivity contribution is -0.137. The zero-order valence-corrected chi connectivity index (χ0v) is 14.5. The third kappa shape index (κ3) is 3.11. The van der Waals surface area contributed by atoms with Crippen LogP contribution in [0.15, 0.2) is 91.0 Å². The highest BCUT2D eigenvalue weighted by molar-refractivity contribution is 7.96. The van der Waals surface area contributed by atoms with E-state index in [1.807, 2.05) is 54.6 Å². The standard InChI is InChI=1S/C21H20O2P/c1-23-21(22)17-24(18-11-5-2-6-12-18,19-13-7-3-8-14-19)20-15-9-4-10-16-20/h2-16H,17H2,1H3. The van der Waals surface area contributed by atoms with Gasteiger partial charge in [-0.1, -0.05) is 91.0 Å². The number of carbonyl (C=O) groups is 1. The molecule has 3 aromatic carbocycles. The van der Waals surface area contributed by atoms with Crippen molar-refractivity contribution in [2.24, 2.45) is 0 Å². The van der Waals surface area contributed by atoms with Gasteiger partial charge in [-0.25, -0.2) is 0 Å². The third-order valence-corrected chi connectivity index (χ3v) is 8.46. The second kappa shape index (κ2) is 7.42. The number of benzene rings is 3. The third-order valence-electron chi connectivity index (χ3n) is 4.18. The van der Waals surface area contributed by atoms with Crippen molar-refractivity contribution < 1.29 is 9.53 Å². The molecule has 3 aromatic rings. The van der Waals surface area contributed by atoms with Gasteiger partial charge in [-0.2, -0.15) is 0 Å². The number of rotatable bonds is 5. The van der Waals surface area contributed by atoms with Gasteiger partial charge in [0.15, 0.2) is 0 Å². The maximum Gasteiger partial charge on any atom is 0.310 e. The molecule has 0 aliphatic carbocycles. The summed E-state index contributed by atoms with van der Waals surface area (Å²) >= 11 is 0. The molecule has 1 radical (unpaired) electrons. The van der Waals surface area contributed by atoms with Gasteiger partial charge in [0.25, 0.3) is 0 Å². The SMILES string of the molecule is COC(=O)C[P](c1ccccc1)(c1ccccc1)c1ccccc1. The molecule has 3 heteroatoms. The van der Waals surface area contributed by atoms with E-state index in [1.54, 1.807) is 0 Å². The minimum absolute atomic E-state index is 0.181. The summed E-state index contributed by atoms with van der Waals surface area (Å²) in [6.07, 6.45) is 0.363. The number of hydrogen-bond donors (Lipinski definition) is 0. The Morgan fingerprint density at radius 2 is 1.04 bits per heavy atom. The Morgan fingerprint density at radius 1 is 0.708 bits per heavy atom. The average molecular weight is 335 g/mol. The van der Waals surface area contributed by atoms with Gasteiger partial charge in [-0.3, -0.25) is 4.79 Å². The molecule has 0 atom stereocenters. The molecule has 0 aliphatic rings. The van der Waals surface area contributed by atoms with E-state index in [0.29, 0.717) is 6.16 Å². The quantitative estimate of drug-likeness (QED) is 0.529. The summed E-state index contributed by atoms with van der Waals surface area (Å²) in [5, 5.41) is 3.56. The highest BCUT2D eigenvalue weighted by Gasteiger charge is 2.36. The van der Waals surface area contributed by atoms with Gasteiger partial charge < -0.3 is 4.74 Å². The zero-order valence-electron chi connectivity index (χ0n) is 13.6. The summed E-state index contributed by atoms with van der Waals surface area (Å²) in [7, 11) is -0.644. The van der Waals surface area contributed by atoms with E-state index < -0.39 is 7.26 Å². The number of ether oxygens (including phenoxy) is 1. The topological polar surface area (TPSA) is 26.3 Å². The first-order valence-corrected chi connectivity index (χ1v) is 9.86. The minimum atomic E-state index is -2.10. The zero-order chi connectivity index (χ0) is 16.8. The van der Waals surface area contributed by atoms with E-state index in [9.17, 15) is 4.79 Å². The number of carbonyl (C=O) groups excluding carboxylic acids is 1. The smallest absolute Gasteiger partial charge is 0.310 e. The van der Waals surface area contributed by atoms with E-state index in [0.717, 1.165) is 0 Å². The largest absolute Gasteiger partial charge is 0.469 e. The first kappa shape index (κ1) is 16.4. The predicted molar refractivity (Wildman–Crippen MR) is 102 cm³/mol. The van der Waals surface area contributed by atoms with Crippen molar-refractivity contribution in [2.75, 3.05) is 13.3 Å². The van der Waals surface area contributed by atoms with E-state index in [2.05, 4.69) is 36.4 Å². The van der Waals surface area contributed by atoms with Crippen LogP contribution < -0.4 is 15.9 Å². The van der Waals surface area contributed by atoms with E-state index in [4.69, 9.17) is 4.74 Å². The number of methoxy groups -OCH3 is 1. The molecule has 0 aliphatic heterocycles. The Hall–Kier alpha value is -2.44. The van der Waals surface area contributed by atoms with Crippen LogP contribution in [0, 0.1) is 0 Å². The van der Waals surface area contributed by atoms with Crippen LogP contribution in [0.25, 0.3) is 0 Å². The van der Waals surface area contributed by atoms with Gasteiger partial charge in [-0.15, -0.1) is 0 Å². The molecule has 0 amide bonds. The highest BCUT2D eigenvalue weighted by atomic mass is 31.2. The van der Waals surface area contributed by atoms with Crippen molar-refractivity contribution in [1.82, 2.24) is 0 Å². The van der Waals surface area contributed by atoms with Crippen LogP contribution in [0.5, 0.6) is 0 Å². The second-order valence-corrected chi connectivity index (χ2v) is 9.04. The first-order chi connectivity index (χ1) is 11.8. The second-order valence-electron chi connectivity index (χ2n) is 5.55. The van der Waals surface area contributed by atoms with Gasteiger partial charge in [0.1, 0.15) is 0 Å². The maximum absolute atomic E-state index is 12.4. The Bertz CT molecular complexity index is 689. The van der Waals surface area contributed by atoms with Crippen LogP contribution >= 0.6 is 7.26 Å². The maximum atomic E-state index is 12.4. The molecular weight excluding hydrogens is 315 g/mol. The molecular formula is C21H20O2P. The van der Waals surface area contributed by atoms with Crippen molar-refractivity contribution >= 4 is 29.1 Å². The van der Waals surface area contributed by atoms with Crippen molar-refractivity contribution in [2.45, 2.75) is 0 Å². The Morgan fingerprint density at radius 3 is 1.33 bits per heavy atom. The molecule has 24 heavy (non-hydrogen) atoms. The normalized spacial score (nSPS) is 11.0. The van der Waals surface area contributed by atoms with Crippen molar-refractivity contribution in [3.8, 4) is 0 Å². The highest BCUT2D eigenvalue weighted by Crippen LogP contribution is 2.55. The van der Waals surface area contributed by atoms with Crippen molar-refractivity contribution in [3.05, 3.63) is 91.0 Å². The lowest BCUT2D eigenvalue weighted by Crippen LogP contribution is -2.36. The van der Waals surface area contributed by atoms with Crippen LogP contribution in [0.2, 0.25) is 0 Å². The van der Waals surface area contributed by atoms with Crippen LogP contribution in [-0.4, -0.2) is 19.2 Å². The fourth-order valence-electron chi connectivity index (χ4n) is 3.03. The predicted octanol–water partition coefficient (Wildman–Crippen LogP) is 3.15. The van der Waals surface area contributed by atoms with E-state index in [1.165, 1.54) is 23.0 Å². The molecule has 0 saturated carbocycles. The van der Waals surface area contributed by atoms with Gasteiger partial charge in [0, 0.05) is 0 Å². The lowest BCUT2D eigenvalue weighted by Gasteiger charge is -2.37. The average Bonchev–Trinajstić information content (AvgIpc) is 2.68. The van der Waals surface area contributed by atoms with Gasteiger partial charge >= 0.3 is 5.97 Å². The molecule has 3 rings (SSSR count). The first-order valence-electron chi connectivity index (χ1n) is 7.89. The summed E-state index contributed by atoms with van der Waals surface area (Å²) < 4.78 is 5.06. The van der Waals surface area contributed by atoms with Crippen LogP contribution in [0.3, 0.4) is 0 Å². The molecule has 0 saturated heterocycles. The Labute approximate surface area is 143 Å². The fraction of sp³-hybridized carbons (Fsp3) is 0.0952. The molecule has 0 spiro atoms. The number of esters is 1. The van der Waals surface area contributed by atoms with Gasteiger partial charge in [0.05, 0.1) is 13.3 Å². The van der Waals surface area contributed by atoms with E-state index in [-0.39, 0.29) is 5.97 Å². The summed E-state index contributed by atoms with van der Waals surface area (Å²) in [5.41, 5.74) is 0. The van der Waals surface area contributed by atoms with Crippen LogP contribution in [0.4, 0.5) is 0 Å². The summed E-state index contributed by atoms with van der Waals surface area (Å²) in [5.74, 6) is -0.181. The van der Waals surface area contributed by atoms with Gasteiger partial charge in [-0.05, 0) is 23.2 Å².